The van der Waals surface area contributed by atoms with Gasteiger partial charge in [0.2, 0.25) is 0 Å². The van der Waals surface area contributed by atoms with Crippen LogP contribution in [-0.2, 0) is 0 Å². The summed E-state index contributed by atoms with van der Waals surface area (Å²) < 4.78 is 5.38. The Kier molecular flexibility index (Phi) is 3.33. The molecule has 0 aliphatic rings. The Morgan fingerprint density at radius 2 is 1.70 bits per heavy atom. The van der Waals surface area contributed by atoms with Crippen LogP contribution in [0.25, 0.3) is 44.3 Å². The highest BCUT2D eigenvalue weighted by Gasteiger charge is 2.17. The highest BCUT2D eigenvalue weighted by atomic mass is 16.5. The molecule has 0 radical (unpaired) electrons. The van der Waals surface area contributed by atoms with Gasteiger partial charge in [-0.25, -0.2) is 4.98 Å². The quantitative estimate of drug-likeness (QED) is 0.494. The standard InChI is InChI=1S/C21H17N5O/c1-11-20(12(2)27-26-11)15-8-16(21-19(10-15)24-13(3)25-21)14-4-5-17-18(9-14)23-7-6-22-17/h4-10H,1-3H3,(H,24,25). The molecule has 3 aromatic heterocycles. The number of aromatic amines is 1. The Labute approximate surface area is 155 Å². The van der Waals surface area contributed by atoms with E-state index in [9.17, 15) is 0 Å². The van der Waals surface area contributed by atoms with Crippen LogP contribution >= 0.6 is 0 Å². The number of H-pyrrole nitrogens is 1. The zero-order valence-corrected chi connectivity index (χ0v) is 15.2. The summed E-state index contributed by atoms with van der Waals surface area (Å²) >= 11 is 0. The van der Waals surface area contributed by atoms with E-state index in [1.54, 1.807) is 12.4 Å². The predicted molar refractivity (Wildman–Crippen MR) is 104 cm³/mol. The fraction of sp³-hybridized carbons (Fsp3) is 0.143. The first-order valence-electron chi connectivity index (χ1n) is 8.75. The van der Waals surface area contributed by atoms with E-state index in [0.29, 0.717) is 0 Å². The fourth-order valence-corrected chi connectivity index (χ4v) is 3.63. The largest absolute Gasteiger partial charge is 0.361 e. The number of aryl methyl sites for hydroxylation is 3. The van der Waals surface area contributed by atoms with Crippen molar-refractivity contribution in [2.45, 2.75) is 20.8 Å². The molecular weight excluding hydrogens is 338 g/mol. The Bertz CT molecular complexity index is 1300. The molecule has 0 saturated carbocycles. The van der Waals surface area contributed by atoms with Gasteiger partial charge in [0, 0.05) is 23.5 Å². The maximum Gasteiger partial charge on any atom is 0.141 e. The van der Waals surface area contributed by atoms with Crippen molar-refractivity contribution in [1.29, 1.82) is 0 Å². The van der Waals surface area contributed by atoms with E-state index in [1.807, 2.05) is 26.8 Å². The minimum Gasteiger partial charge on any atom is -0.361 e. The van der Waals surface area contributed by atoms with Crippen LogP contribution in [0.4, 0.5) is 0 Å². The van der Waals surface area contributed by atoms with Gasteiger partial charge in [-0.1, -0.05) is 11.2 Å². The van der Waals surface area contributed by atoms with E-state index in [1.165, 1.54) is 0 Å². The van der Waals surface area contributed by atoms with Crippen LogP contribution in [0.2, 0.25) is 0 Å². The average Bonchev–Trinajstić information content (AvgIpc) is 3.21. The molecule has 0 spiro atoms. The van der Waals surface area contributed by atoms with Crippen LogP contribution in [0.5, 0.6) is 0 Å². The van der Waals surface area contributed by atoms with Crippen LogP contribution in [0.3, 0.4) is 0 Å². The number of aromatic nitrogens is 5. The summed E-state index contributed by atoms with van der Waals surface area (Å²) in [6, 6.07) is 10.4. The predicted octanol–water partition coefficient (Wildman–Crippen LogP) is 4.75. The third-order valence-corrected chi connectivity index (χ3v) is 4.81. The molecule has 0 saturated heterocycles. The molecule has 132 valence electrons. The first-order chi connectivity index (χ1) is 13.1. The molecule has 2 aromatic carbocycles. The van der Waals surface area contributed by atoms with Crippen LogP contribution in [0.1, 0.15) is 17.3 Å². The van der Waals surface area contributed by atoms with E-state index in [-0.39, 0.29) is 0 Å². The number of nitrogens with one attached hydrogen (secondary N) is 1. The summed E-state index contributed by atoms with van der Waals surface area (Å²) in [5, 5.41) is 4.10. The summed E-state index contributed by atoms with van der Waals surface area (Å²) in [5.74, 6) is 1.68. The molecule has 5 aromatic rings. The van der Waals surface area contributed by atoms with Crippen molar-refractivity contribution in [2.24, 2.45) is 0 Å². The van der Waals surface area contributed by atoms with Gasteiger partial charge in [-0.3, -0.25) is 9.97 Å². The topological polar surface area (TPSA) is 80.5 Å². The van der Waals surface area contributed by atoms with Gasteiger partial charge in [-0.2, -0.15) is 0 Å². The van der Waals surface area contributed by atoms with Gasteiger partial charge in [-0.15, -0.1) is 0 Å². The molecule has 5 rings (SSSR count). The molecule has 0 amide bonds. The van der Waals surface area contributed by atoms with Gasteiger partial charge < -0.3 is 9.51 Å². The molecule has 0 aliphatic carbocycles. The van der Waals surface area contributed by atoms with Crippen LogP contribution in [0.15, 0.2) is 47.2 Å². The van der Waals surface area contributed by atoms with E-state index in [0.717, 1.165) is 61.6 Å². The first kappa shape index (κ1) is 15.7. The molecule has 1 N–H and O–H groups in total. The van der Waals surface area contributed by atoms with Crippen molar-refractivity contribution in [3.8, 4) is 22.3 Å². The molecule has 0 unspecified atom stereocenters. The molecule has 6 heteroatoms. The maximum absolute atomic E-state index is 5.38. The van der Waals surface area contributed by atoms with E-state index in [2.05, 4.69) is 44.4 Å². The molecule has 0 atom stereocenters. The summed E-state index contributed by atoms with van der Waals surface area (Å²) in [6.07, 6.45) is 3.41. The second kappa shape index (κ2) is 5.74. The SMILES string of the molecule is Cc1nc2c(-c3ccc4nccnc4c3)cc(-c3c(C)noc3C)cc2[nH]1. The van der Waals surface area contributed by atoms with Crippen molar-refractivity contribution in [3.05, 3.63) is 60.0 Å². The number of nitrogens with zero attached hydrogens (tertiary/aromatic N) is 4. The number of fused-ring (bicyclic) bond motifs is 2. The molecular formula is C21H17N5O. The molecule has 6 nitrogen and oxygen atoms in total. The molecule has 27 heavy (non-hydrogen) atoms. The Hall–Kier alpha value is -3.54. The van der Waals surface area contributed by atoms with Crippen molar-refractivity contribution in [2.75, 3.05) is 0 Å². The number of benzene rings is 2. The average molecular weight is 355 g/mol. The lowest BCUT2D eigenvalue weighted by Crippen LogP contribution is -1.88. The third-order valence-electron chi connectivity index (χ3n) is 4.81. The number of hydrogen-bond acceptors (Lipinski definition) is 5. The lowest BCUT2D eigenvalue weighted by atomic mass is 9.96. The van der Waals surface area contributed by atoms with E-state index >= 15 is 0 Å². The highest BCUT2D eigenvalue weighted by Crippen LogP contribution is 2.36. The molecule has 0 aliphatic heterocycles. The molecule has 0 bridgehead atoms. The van der Waals surface area contributed by atoms with Gasteiger partial charge in [0.05, 0.1) is 27.8 Å². The van der Waals surface area contributed by atoms with E-state index in [4.69, 9.17) is 9.51 Å². The minimum absolute atomic E-state index is 0.804. The summed E-state index contributed by atoms with van der Waals surface area (Å²) in [6.45, 7) is 5.85. The summed E-state index contributed by atoms with van der Waals surface area (Å²) in [7, 11) is 0. The van der Waals surface area contributed by atoms with Crippen molar-refractivity contribution in [3.63, 3.8) is 0 Å². The van der Waals surface area contributed by atoms with Crippen LogP contribution in [0, 0.1) is 20.8 Å². The molecule has 3 heterocycles. The Morgan fingerprint density at radius 1 is 0.889 bits per heavy atom. The normalized spacial score (nSPS) is 11.5. The van der Waals surface area contributed by atoms with Gasteiger partial charge in [0.25, 0.3) is 0 Å². The minimum atomic E-state index is 0.804. The lowest BCUT2D eigenvalue weighted by molar-refractivity contribution is 0.393. The van der Waals surface area contributed by atoms with Crippen LogP contribution < -0.4 is 0 Å². The first-order valence-corrected chi connectivity index (χ1v) is 8.75. The zero-order chi connectivity index (χ0) is 18.5. The van der Waals surface area contributed by atoms with E-state index < -0.39 is 0 Å². The summed E-state index contributed by atoms with van der Waals surface area (Å²) in [4.78, 5) is 16.9. The lowest BCUT2D eigenvalue weighted by Gasteiger charge is -2.08. The van der Waals surface area contributed by atoms with Crippen molar-refractivity contribution in [1.82, 2.24) is 25.1 Å². The van der Waals surface area contributed by atoms with Gasteiger partial charge >= 0.3 is 0 Å². The summed E-state index contributed by atoms with van der Waals surface area (Å²) in [5.41, 5.74) is 8.69. The third kappa shape index (κ3) is 2.49. The smallest absolute Gasteiger partial charge is 0.141 e. The number of imidazole rings is 1. The highest BCUT2D eigenvalue weighted by molar-refractivity contribution is 5.98. The second-order valence-corrected chi connectivity index (χ2v) is 6.70. The number of hydrogen-bond donors (Lipinski definition) is 1. The van der Waals surface area contributed by atoms with Crippen LogP contribution in [-0.4, -0.2) is 25.1 Å². The van der Waals surface area contributed by atoms with Gasteiger partial charge in [-0.05, 0) is 56.2 Å². The van der Waals surface area contributed by atoms with Gasteiger partial charge in [0.1, 0.15) is 11.6 Å². The van der Waals surface area contributed by atoms with Gasteiger partial charge in [0.15, 0.2) is 0 Å². The maximum atomic E-state index is 5.38. The monoisotopic (exact) mass is 355 g/mol. The molecule has 0 fully saturated rings. The zero-order valence-electron chi connectivity index (χ0n) is 15.2. The second-order valence-electron chi connectivity index (χ2n) is 6.70. The van der Waals surface area contributed by atoms with Crippen molar-refractivity contribution >= 4 is 22.1 Å². The Balaban J connectivity index is 1.81. The Morgan fingerprint density at radius 3 is 2.48 bits per heavy atom. The fourth-order valence-electron chi connectivity index (χ4n) is 3.63. The van der Waals surface area contributed by atoms with Crippen molar-refractivity contribution < 1.29 is 4.52 Å². The number of rotatable bonds is 2.